The van der Waals surface area contributed by atoms with Crippen molar-refractivity contribution < 1.29 is 0 Å². The van der Waals surface area contributed by atoms with E-state index >= 15 is 0 Å². The first-order valence-electron chi connectivity index (χ1n) is 6.98. The molecular formula is C16H22ClN3. The van der Waals surface area contributed by atoms with Crippen molar-refractivity contribution in [2.45, 2.75) is 19.9 Å². The Labute approximate surface area is 125 Å². The molecule has 0 saturated heterocycles. The van der Waals surface area contributed by atoms with Crippen LogP contribution in [0.1, 0.15) is 25.5 Å². The smallest absolute Gasteiger partial charge is 0.0765 e. The zero-order valence-electron chi connectivity index (χ0n) is 12.3. The van der Waals surface area contributed by atoms with E-state index in [4.69, 9.17) is 17.3 Å². The van der Waals surface area contributed by atoms with Crippen LogP contribution in [0, 0.1) is 5.92 Å². The Kier molecular flexibility index (Phi) is 4.97. The Morgan fingerprint density at radius 3 is 2.70 bits per heavy atom. The molecule has 0 bridgehead atoms. The number of hydrogen-bond donors (Lipinski definition) is 1. The Morgan fingerprint density at radius 2 is 2.05 bits per heavy atom. The topological polar surface area (TPSA) is 42.1 Å². The Balaban J connectivity index is 2.47. The maximum absolute atomic E-state index is 6.26. The van der Waals surface area contributed by atoms with Crippen LogP contribution < -0.4 is 5.73 Å². The van der Waals surface area contributed by atoms with E-state index in [1.54, 1.807) is 6.20 Å². The molecule has 0 saturated carbocycles. The molecule has 1 atom stereocenters. The fraction of sp³-hybridized carbons (Fsp3) is 0.438. The largest absolute Gasteiger partial charge is 0.329 e. The second kappa shape index (κ2) is 6.53. The summed E-state index contributed by atoms with van der Waals surface area (Å²) in [4.78, 5) is 6.80. The van der Waals surface area contributed by atoms with Crippen molar-refractivity contribution in [3.8, 4) is 0 Å². The highest BCUT2D eigenvalue weighted by molar-refractivity contribution is 6.35. The second-order valence-corrected chi connectivity index (χ2v) is 6.03. The molecule has 1 aromatic carbocycles. The lowest BCUT2D eigenvalue weighted by molar-refractivity contribution is 0.225. The highest BCUT2D eigenvalue weighted by Crippen LogP contribution is 2.30. The minimum Gasteiger partial charge on any atom is -0.329 e. The average Bonchev–Trinajstić information content (AvgIpc) is 2.41. The summed E-state index contributed by atoms with van der Waals surface area (Å²) in [6.45, 7) is 5.99. The summed E-state index contributed by atoms with van der Waals surface area (Å²) in [5.41, 5.74) is 8.11. The van der Waals surface area contributed by atoms with Crippen molar-refractivity contribution in [1.82, 2.24) is 9.88 Å². The lowest BCUT2D eigenvalue weighted by Gasteiger charge is -2.29. The Hall–Kier alpha value is -1.16. The van der Waals surface area contributed by atoms with Gasteiger partial charge in [0.2, 0.25) is 0 Å². The monoisotopic (exact) mass is 291 g/mol. The van der Waals surface area contributed by atoms with Crippen LogP contribution in [0.25, 0.3) is 10.9 Å². The fourth-order valence-corrected chi connectivity index (χ4v) is 2.89. The number of aromatic nitrogens is 1. The molecule has 4 heteroatoms. The standard InChI is InChI=1S/C16H22ClN3/c1-11(2)10-20(3)15(9-18)13-6-7-14(17)12-5-4-8-19-16(12)13/h4-8,11,15H,9-10,18H2,1-3H3. The van der Waals surface area contributed by atoms with Crippen molar-refractivity contribution >= 4 is 22.5 Å². The lowest BCUT2D eigenvalue weighted by Crippen LogP contribution is -2.33. The molecule has 0 radical (unpaired) electrons. The zero-order chi connectivity index (χ0) is 14.7. The molecule has 1 heterocycles. The van der Waals surface area contributed by atoms with E-state index in [2.05, 4.69) is 30.8 Å². The summed E-state index contributed by atoms with van der Waals surface area (Å²) >= 11 is 6.26. The van der Waals surface area contributed by atoms with Gasteiger partial charge < -0.3 is 5.73 Å². The van der Waals surface area contributed by atoms with Gasteiger partial charge in [0.25, 0.3) is 0 Å². The van der Waals surface area contributed by atoms with Crippen molar-refractivity contribution in [1.29, 1.82) is 0 Å². The van der Waals surface area contributed by atoms with Gasteiger partial charge in [-0.05, 0) is 36.7 Å². The zero-order valence-corrected chi connectivity index (χ0v) is 13.1. The average molecular weight is 292 g/mol. The van der Waals surface area contributed by atoms with Crippen LogP contribution in [-0.4, -0.2) is 30.0 Å². The van der Waals surface area contributed by atoms with Crippen LogP contribution >= 0.6 is 11.6 Å². The first-order chi connectivity index (χ1) is 9.54. The first kappa shape index (κ1) is 15.2. The predicted molar refractivity (Wildman–Crippen MR) is 86.0 cm³/mol. The van der Waals surface area contributed by atoms with Crippen molar-refractivity contribution in [2.24, 2.45) is 11.7 Å². The third-order valence-corrected chi connectivity index (χ3v) is 3.84. The SMILES string of the molecule is CC(C)CN(C)C(CN)c1ccc(Cl)c2cccnc12. The van der Waals surface area contributed by atoms with E-state index in [-0.39, 0.29) is 6.04 Å². The number of rotatable bonds is 5. The van der Waals surface area contributed by atoms with Crippen LogP contribution in [-0.2, 0) is 0 Å². The number of hydrogen-bond acceptors (Lipinski definition) is 3. The van der Waals surface area contributed by atoms with Crippen LogP contribution in [0.3, 0.4) is 0 Å². The molecular weight excluding hydrogens is 270 g/mol. The second-order valence-electron chi connectivity index (χ2n) is 5.62. The molecule has 0 spiro atoms. The number of halogens is 1. The van der Waals surface area contributed by atoms with E-state index in [0.717, 1.165) is 28.0 Å². The molecule has 20 heavy (non-hydrogen) atoms. The number of benzene rings is 1. The van der Waals surface area contributed by atoms with Crippen LogP contribution in [0.5, 0.6) is 0 Å². The highest BCUT2D eigenvalue weighted by Gasteiger charge is 2.19. The fourth-order valence-electron chi connectivity index (χ4n) is 2.68. The number of nitrogens with two attached hydrogens (primary N) is 1. The normalized spacial score (nSPS) is 13.3. The molecule has 2 N–H and O–H groups in total. The van der Waals surface area contributed by atoms with E-state index < -0.39 is 0 Å². The molecule has 0 amide bonds. The number of likely N-dealkylation sites (N-methyl/N-ethyl adjacent to an activating group) is 1. The summed E-state index contributed by atoms with van der Waals surface area (Å²) in [6.07, 6.45) is 1.80. The van der Waals surface area contributed by atoms with Gasteiger partial charge in [0.05, 0.1) is 5.52 Å². The van der Waals surface area contributed by atoms with Gasteiger partial charge in [-0.15, -0.1) is 0 Å². The number of fused-ring (bicyclic) bond motifs is 1. The summed E-state index contributed by atoms with van der Waals surface area (Å²) in [5.74, 6) is 0.598. The molecule has 0 aliphatic rings. The molecule has 2 aromatic rings. The molecule has 108 valence electrons. The maximum Gasteiger partial charge on any atom is 0.0765 e. The number of nitrogens with zero attached hydrogens (tertiary/aromatic N) is 2. The van der Waals surface area contributed by atoms with E-state index in [0.29, 0.717) is 12.5 Å². The molecule has 0 aliphatic heterocycles. The van der Waals surface area contributed by atoms with Gasteiger partial charge in [-0.25, -0.2) is 0 Å². The Morgan fingerprint density at radius 1 is 1.30 bits per heavy atom. The summed E-state index contributed by atoms with van der Waals surface area (Å²) < 4.78 is 0. The number of pyridine rings is 1. The molecule has 3 nitrogen and oxygen atoms in total. The molecule has 1 unspecified atom stereocenters. The first-order valence-corrected chi connectivity index (χ1v) is 7.35. The van der Waals surface area contributed by atoms with Gasteiger partial charge >= 0.3 is 0 Å². The lowest BCUT2D eigenvalue weighted by atomic mass is 10.0. The molecule has 1 aromatic heterocycles. The van der Waals surface area contributed by atoms with E-state index in [9.17, 15) is 0 Å². The maximum atomic E-state index is 6.26. The molecule has 0 fully saturated rings. The summed E-state index contributed by atoms with van der Waals surface area (Å²) in [7, 11) is 2.11. The third kappa shape index (κ3) is 3.11. The van der Waals surface area contributed by atoms with Gasteiger partial charge in [0, 0.05) is 35.7 Å². The quantitative estimate of drug-likeness (QED) is 0.917. The van der Waals surface area contributed by atoms with Crippen molar-refractivity contribution in [3.05, 3.63) is 41.0 Å². The predicted octanol–water partition coefficient (Wildman–Crippen LogP) is 3.48. The van der Waals surface area contributed by atoms with Gasteiger partial charge in [-0.3, -0.25) is 9.88 Å². The minimum absolute atomic E-state index is 0.159. The van der Waals surface area contributed by atoms with Crippen molar-refractivity contribution in [2.75, 3.05) is 20.1 Å². The van der Waals surface area contributed by atoms with Crippen LogP contribution in [0.2, 0.25) is 5.02 Å². The van der Waals surface area contributed by atoms with Gasteiger partial charge in [-0.1, -0.05) is 31.5 Å². The van der Waals surface area contributed by atoms with E-state index in [1.807, 2.05) is 24.3 Å². The third-order valence-electron chi connectivity index (χ3n) is 3.52. The summed E-state index contributed by atoms with van der Waals surface area (Å²) in [6, 6.07) is 8.06. The van der Waals surface area contributed by atoms with Gasteiger partial charge in [0.1, 0.15) is 0 Å². The minimum atomic E-state index is 0.159. The van der Waals surface area contributed by atoms with Crippen LogP contribution in [0.4, 0.5) is 0 Å². The van der Waals surface area contributed by atoms with Gasteiger partial charge in [0.15, 0.2) is 0 Å². The summed E-state index contributed by atoms with van der Waals surface area (Å²) in [5, 5.41) is 1.72. The molecule has 2 rings (SSSR count). The molecule has 0 aliphatic carbocycles. The van der Waals surface area contributed by atoms with Gasteiger partial charge in [-0.2, -0.15) is 0 Å². The highest BCUT2D eigenvalue weighted by atomic mass is 35.5. The van der Waals surface area contributed by atoms with E-state index in [1.165, 1.54) is 0 Å². The van der Waals surface area contributed by atoms with Crippen LogP contribution in [0.15, 0.2) is 30.5 Å². The Bertz CT molecular complexity index is 583. The van der Waals surface area contributed by atoms with Crippen molar-refractivity contribution in [3.63, 3.8) is 0 Å².